The molecule has 1 aliphatic rings. The summed E-state index contributed by atoms with van der Waals surface area (Å²) < 4.78 is 63.7. The highest BCUT2D eigenvalue weighted by Gasteiger charge is 2.32. The van der Waals surface area contributed by atoms with Gasteiger partial charge in [-0.3, -0.25) is 0 Å². The van der Waals surface area contributed by atoms with Gasteiger partial charge in [0.05, 0.1) is 11.3 Å². The van der Waals surface area contributed by atoms with Crippen molar-refractivity contribution in [2.24, 2.45) is 5.73 Å². The monoisotopic (exact) mass is 358 g/mol. The molecule has 1 aliphatic heterocycles. The molecule has 2 rings (SSSR count). The first-order chi connectivity index (χ1) is 9.68. The lowest BCUT2D eigenvalue weighted by Gasteiger charge is -2.29. The molecule has 1 saturated heterocycles. The van der Waals surface area contributed by atoms with Gasteiger partial charge in [0.1, 0.15) is 0 Å². The molecule has 0 radical (unpaired) electrons. The first kappa shape index (κ1) is 19.2. The van der Waals surface area contributed by atoms with Gasteiger partial charge in [-0.2, -0.15) is 13.2 Å². The molecule has 1 aromatic carbocycles. The minimum absolute atomic E-state index is 0. The molecule has 1 aromatic rings. The SMILES string of the molecule is Cl.NC1CCCN(S(=O)(=O)Cc2cccc(C(F)(F)F)c2)C1. The van der Waals surface area contributed by atoms with Crippen LogP contribution in [0.2, 0.25) is 0 Å². The average molecular weight is 359 g/mol. The smallest absolute Gasteiger partial charge is 0.327 e. The van der Waals surface area contributed by atoms with E-state index in [1.165, 1.54) is 16.4 Å². The topological polar surface area (TPSA) is 63.4 Å². The van der Waals surface area contributed by atoms with Crippen LogP contribution in [0.3, 0.4) is 0 Å². The predicted molar refractivity (Wildman–Crippen MR) is 80.1 cm³/mol. The van der Waals surface area contributed by atoms with E-state index in [4.69, 9.17) is 5.73 Å². The van der Waals surface area contributed by atoms with Crippen molar-refractivity contribution in [2.45, 2.75) is 30.8 Å². The van der Waals surface area contributed by atoms with Crippen molar-refractivity contribution in [3.63, 3.8) is 0 Å². The molecule has 126 valence electrons. The second-order valence-corrected chi connectivity index (χ2v) is 7.18. The van der Waals surface area contributed by atoms with Crippen molar-refractivity contribution in [1.29, 1.82) is 0 Å². The third-order valence-corrected chi connectivity index (χ3v) is 5.23. The van der Waals surface area contributed by atoms with Gasteiger partial charge >= 0.3 is 6.18 Å². The van der Waals surface area contributed by atoms with Crippen LogP contribution in [0.1, 0.15) is 24.0 Å². The van der Waals surface area contributed by atoms with Crippen LogP contribution in [0.4, 0.5) is 13.2 Å². The van der Waals surface area contributed by atoms with Gasteiger partial charge in [0.2, 0.25) is 10.0 Å². The Morgan fingerprint density at radius 3 is 2.59 bits per heavy atom. The van der Waals surface area contributed by atoms with Crippen LogP contribution in [-0.2, 0) is 22.0 Å². The Balaban J connectivity index is 0.00000242. The second kappa shape index (κ2) is 7.16. The van der Waals surface area contributed by atoms with E-state index in [9.17, 15) is 21.6 Å². The molecule has 1 atom stereocenters. The maximum absolute atomic E-state index is 12.6. The van der Waals surface area contributed by atoms with Crippen LogP contribution in [0.25, 0.3) is 0 Å². The number of alkyl halides is 3. The Morgan fingerprint density at radius 2 is 2.00 bits per heavy atom. The number of nitrogens with two attached hydrogens (primary N) is 1. The van der Waals surface area contributed by atoms with Crippen molar-refractivity contribution in [3.05, 3.63) is 35.4 Å². The lowest BCUT2D eigenvalue weighted by Crippen LogP contribution is -2.46. The number of nitrogens with zero attached hydrogens (tertiary/aromatic N) is 1. The van der Waals surface area contributed by atoms with Crippen LogP contribution >= 0.6 is 12.4 Å². The van der Waals surface area contributed by atoms with E-state index in [-0.39, 0.29) is 30.6 Å². The molecule has 0 aromatic heterocycles. The van der Waals surface area contributed by atoms with E-state index in [0.717, 1.165) is 18.6 Å². The molecular formula is C13H18ClF3N2O2S. The summed E-state index contributed by atoms with van der Waals surface area (Å²) in [5.41, 5.74) is 5.03. The van der Waals surface area contributed by atoms with E-state index in [2.05, 4.69) is 0 Å². The minimum Gasteiger partial charge on any atom is -0.327 e. The van der Waals surface area contributed by atoms with Gasteiger partial charge in [-0.25, -0.2) is 12.7 Å². The molecule has 0 amide bonds. The average Bonchev–Trinajstić information content (AvgIpc) is 2.37. The van der Waals surface area contributed by atoms with Crippen LogP contribution in [0, 0.1) is 0 Å². The van der Waals surface area contributed by atoms with Gasteiger partial charge in [0.25, 0.3) is 0 Å². The minimum atomic E-state index is -4.48. The third-order valence-electron chi connectivity index (χ3n) is 3.42. The van der Waals surface area contributed by atoms with Crippen molar-refractivity contribution in [1.82, 2.24) is 4.31 Å². The molecule has 0 aliphatic carbocycles. The molecule has 1 fully saturated rings. The summed E-state index contributed by atoms with van der Waals surface area (Å²) in [7, 11) is -3.65. The number of hydrogen-bond donors (Lipinski definition) is 1. The molecule has 4 nitrogen and oxygen atoms in total. The Bertz CT molecular complexity index is 608. The van der Waals surface area contributed by atoms with Gasteiger partial charge in [0, 0.05) is 19.1 Å². The zero-order valence-electron chi connectivity index (χ0n) is 11.7. The summed E-state index contributed by atoms with van der Waals surface area (Å²) in [6.07, 6.45) is -3.05. The highest BCUT2D eigenvalue weighted by atomic mass is 35.5. The van der Waals surface area contributed by atoms with Crippen molar-refractivity contribution < 1.29 is 21.6 Å². The molecule has 2 N–H and O–H groups in total. The quantitative estimate of drug-likeness (QED) is 0.902. The van der Waals surface area contributed by atoms with Crippen molar-refractivity contribution >= 4 is 22.4 Å². The second-order valence-electron chi connectivity index (χ2n) is 5.21. The molecule has 0 bridgehead atoms. The van der Waals surface area contributed by atoms with E-state index < -0.39 is 27.5 Å². The standard InChI is InChI=1S/C13H17F3N2O2S.ClH/c14-13(15,16)11-4-1-3-10(7-11)9-21(19,20)18-6-2-5-12(17)8-18;/h1,3-4,7,12H,2,5-6,8-9,17H2;1H. The molecule has 0 saturated carbocycles. The third kappa shape index (κ3) is 4.84. The highest BCUT2D eigenvalue weighted by molar-refractivity contribution is 7.88. The Labute approximate surface area is 133 Å². The normalized spacial score (nSPS) is 20.5. The van der Waals surface area contributed by atoms with Crippen LogP contribution in [0.5, 0.6) is 0 Å². The first-order valence-electron chi connectivity index (χ1n) is 6.58. The number of halogens is 4. The van der Waals surface area contributed by atoms with Crippen molar-refractivity contribution in [3.8, 4) is 0 Å². The predicted octanol–water partition coefficient (Wildman–Crippen LogP) is 2.38. The largest absolute Gasteiger partial charge is 0.416 e. The molecule has 1 heterocycles. The van der Waals surface area contributed by atoms with Gasteiger partial charge in [-0.15, -0.1) is 12.4 Å². The fourth-order valence-corrected chi connectivity index (χ4v) is 3.98. The number of benzene rings is 1. The zero-order chi connectivity index (χ0) is 15.7. The Morgan fingerprint density at radius 1 is 1.32 bits per heavy atom. The Hall–Kier alpha value is -0.830. The molecule has 22 heavy (non-hydrogen) atoms. The molecule has 1 unspecified atom stereocenters. The maximum atomic E-state index is 12.6. The number of hydrogen-bond acceptors (Lipinski definition) is 3. The molecule has 0 spiro atoms. The summed E-state index contributed by atoms with van der Waals surface area (Å²) in [5.74, 6) is -0.441. The molecule has 9 heteroatoms. The fraction of sp³-hybridized carbons (Fsp3) is 0.538. The van der Waals surface area contributed by atoms with E-state index in [0.29, 0.717) is 13.0 Å². The summed E-state index contributed by atoms with van der Waals surface area (Å²) in [6.45, 7) is 0.594. The highest BCUT2D eigenvalue weighted by Crippen LogP contribution is 2.30. The van der Waals surface area contributed by atoms with E-state index in [1.807, 2.05) is 0 Å². The molecular weight excluding hydrogens is 341 g/mol. The summed E-state index contributed by atoms with van der Waals surface area (Å²) in [6, 6.07) is 4.19. The summed E-state index contributed by atoms with van der Waals surface area (Å²) in [5, 5.41) is 0. The lowest BCUT2D eigenvalue weighted by atomic mass is 10.1. The lowest BCUT2D eigenvalue weighted by molar-refractivity contribution is -0.137. The van der Waals surface area contributed by atoms with Crippen LogP contribution in [-0.4, -0.2) is 31.9 Å². The van der Waals surface area contributed by atoms with Gasteiger partial charge in [-0.1, -0.05) is 18.2 Å². The zero-order valence-corrected chi connectivity index (χ0v) is 13.3. The van der Waals surface area contributed by atoms with Crippen LogP contribution < -0.4 is 5.73 Å². The van der Waals surface area contributed by atoms with Gasteiger partial charge < -0.3 is 5.73 Å². The summed E-state index contributed by atoms with van der Waals surface area (Å²) in [4.78, 5) is 0. The summed E-state index contributed by atoms with van der Waals surface area (Å²) >= 11 is 0. The van der Waals surface area contributed by atoms with Gasteiger partial charge in [0.15, 0.2) is 0 Å². The van der Waals surface area contributed by atoms with Crippen molar-refractivity contribution in [2.75, 3.05) is 13.1 Å². The maximum Gasteiger partial charge on any atom is 0.416 e. The van der Waals surface area contributed by atoms with Gasteiger partial charge in [-0.05, 0) is 24.5 Å². The number of piperidine rings is 1. The Kier molecular flexibility index (Phi) is 6.26. The number of rotatable bonds is 3. The number of sulfonamides is 1. The van der Waals surface area contributed by atoms with Crippen LogP contribution in [0.15, 0.2) is 24.3 Å². The van der Waals surface area contributed by atoms with E-state index >= 15 is 0 Å². The van der Waals surface area contributed by atoms with E-state index in [1.54, 1.807) is 0 Å². The fourth-order valence-electron chi connectivity index (χ4n) is 2.37. The first-order valence-corrected chi connectivity index (χ1v) is 8.19.